The number of allylic oxidation sites excluding steroid dienone is 4. The van der Waals surface area contributed by atoms with Crippen molar-refractivity contribution in [2.75, 3.05) is 7.11 Å². The van der Waals surface area contributed by atoms with E-state index in [0.29, 0.717) is 16.6 Å². The van der Waals surface area contributed by atoms with Crippen molar-refractivity contribution in [1.82, 2.24) is 19.6 Å². The SMILES string of the molecule is COC1=CC=CC(=Cc2c(O)nc3nc4c5ccccc5c5ccccc5c4nn23)C1=O. The van der Waals surface area contributed by atoms with Crippen LogP contribution in [0, 0.1) is 0 Å². The van der Waals surface area contributed by atoms with Crippen LogP contribution in [-0.2, 0) is 9.53 Å². The number of ether oxygens (including phenoxy) is 1. The third-order valence-electron chi connectivity index (χ3n) is 5.66. The van der Waals surface area contributed by atoms with Crippen LogP contribution in [0.4, 0.5) is 0 Å². The molecular formula is C25H16N4O3. The summed E-state index contributed by atoms with van der Waals surface area (Å²) >= 11 is 0. The van der Waals surface area contributed by atoms with Crippen molar-refractivity contribution < 1.29 is 14.6 Å². The molecule has 1 aliphatic rings. The molecule has 154 valence electrons. The van der Waals surface area contributed by atoms with E-state index in [2.05, 4.69) is 17.1 Å². The fourth-order valence-electron chi connectivity index (χ4n) is 4.17. The zero-order valence-corrected chi connectivity index (χ0v) is 17.0. The quantitative estimate of drug-likeness (QED) is 0.338. The van der Waals surface area contributed by atoms with Gasteiger partial charge in [0.2, 0.25) is 11.7 Å². The number of carbonyl (C=O) groups excluding carboxylic acids is 1. The number of hydrogen-bond acceptors (Lipinski definition) is 6. The molecule has 3 aromatic carbocycles. The molecule has 1 N–H and O–H groups in total. The number of ketones is 1. The van der Waals surface area contributed by atoms with Gasteiger partial charge in [-0.1, -0.05) is 60.7 Å². The van der Waals surface area contributed by atoms with Gasteiger partial charge in [-0.05, 0) is 22.9 Å². The molecule has 7 nitrogen and oxygen atoms in total. The lowest BCUT2D eigenvalue weighted by Crippen LogP contribution is -2.09. The fraction of sp³-hybridized carbons (Fsp3) is 0.0400. The van der Waals surface area contributed by atoms with Crippen LogP contribution in [0.15, 0.2) is 78.1 Å². The highest BCUT2D eigenvalue weighted by Gasteiger charge is 2.21. The van der Waals surface area contributed by atoms with Crippen molar-refractivity contribution in [3.63, 3.8) is 0 Å². The van der Waals surface area contributed by atoms with Crippen LogP contribution >= 0.6 is 0 Å². The molecule has 0 saturated carbocycles. The molecule has 0 bridgehead atoms. The predicted octanol–water partition coefficient (Wildman–Crippen LogP) is 4.34. The van der Waals surface area contributed by atoms with E-state index in [1.54, 1.807) is 24.3 Å². The first-order valence-electron chi connectivity index (χ1n) is 10.0. The topological polar surface area (TPSA) is 89.6 Å². The number of aromatic nitrogens is 4. The summed E-state index contributed by atoms with van der Waals surface area (Å²) in [5.74, 6) is -0.0660. The minimum absolute atomic E-state index is 0.223. The van der Waals surface area contributed by atoms with Crippen LogP contribution in [0.3, 0.4) is 0 Å². The van der Waals surface area contributed by atoms with Crippen LogP contribution in [0.5, 0.6) is 5.88 Å². The van der Waals surface area contributed by atoms with Gasteiger partial charge in [0.15, 0.2) is 5.76 Å². The van der Waals surface area contributed by atoms with E-state index >= 15 is 0 Å². The standard InChI is InChI=1S/C25H16N4O3/c1-32-20-12-6-7-14(23(20)30)13-19-24(31)27-25-26-21-17-10-4-2-8-15(17)16-9-3-5-11-18(16)22(21)28-29(19)25/h2-13,31H,1H3. The first kappa shape index (κ1) is 18.3. The number of rotatable bonds is 2. The Labute approximate surface area is 181 Å². The van der Waals surface area contributed by atoms with Crippen LogP contribution < -0.4 is 0 Å². The van der Waals surface area contributed by atoms with Crippen molar-refractivity contribution >= 4 is 50.2 Å². The Morgan fingerprint density at radius 2 is 1.59 bits per heavy atom. The van der Waals surface area contributed by atoms with Crippen LogP contribution in [0.1, 0.15) is 5.69 Å². The van der Waals surface area contributed by atoms with Gasteiger partial charge in [0.05, 0.1) is 7.11 Å². The molecule has 0 aliphatic heterocycles. The summed E-state index contributed by atoms with van der Waals surface area (Å²) in [6, 6.07) is 16.0. The largest absolute Gasteiger partial charge is 0.493 e. The van der Waals surface area contributed by atoms with E-state index in [1.807, 2.05) is 36.4 Å². The molecule has 0 saturated heterocycles. The molecule has 0 amide bonds. The van der Waals surface area contributed by atoms with Gasteiger partial charge in [0.1, 0.15) is 16.7 Å². The maximum absolute atomic E-state index is 12.6. The maximum Gasteiger partial charge on any atom is 0.255 e. The summed E-state index contributed by atoms with van der Waals surface area (Å²) < 4.78 is 6.59. The average molecular weight is 420 g/mol. The van der Waals surface area contributed by atoms with Gasteiger partial charge in [0, 0.05) is 16.3 Å². The molecule has 2 heterocycles. The van der Waals surface area contributed by atoms with Gasteiger partial charge in [0.25, 0.3) is 5.78 Å². The lowest BCUT2D eigenvalue weighted by Gasteiger charge is -2.10. The zero-order valence-electron chi connectivity index (χ0n) is 17.0. The molecule has 1 aliphatic carbocycles. The van der Waals surface area contributed by atoms with Gasteiger partial charge in [-0.3, -0.25) is 4.79 Å². The van der Waals surface area contributed by atoms with E-state index in [4.69, 9.17) is 14.8 Å². The van der Waals surface area contributed by atoms with Gasteiger partial charge in [-0.25, -0.2) is 4.98 Å². The molecule has 0 atom stereocenters. The first-order valence-corrected chi connectivity index (χ1v) is 10.0. The van der Waals surface area contributed by atoms with E-state index in [9.17, 15) is 9.90 Å². The number of methoxy groups -OCH3 is 1. The van der Waals surface area contributed by atoms with E-state index in [-0.39, 0.29) is 28.9 Å². The Morgan fingerprint density at radius 1 is 0.938 bits per heavy atom. The number of aromatic hydroxyl groups is 1. The molecule has 0 fully saturated rings. The Morgan fingerprint density at radius 3 is 2.28 bits per heavy atom. The van der Waals surface area contributed by atoms with Crippen molar-refractivity contribution in [2.24, 2.45) is 0 Å². The Hall–Kier alpha value is -4.52. The molecule has 6 rings (SSSR count). The second kappa shape index (κ2) is 6.75. The lowest BCUT2D eigenvalue weighted by atomic mass is 10.00. The number of nitrogens with zero attached hydrogens (tertiary/aromatic N) is 4. The van der Waals surface area contributed by atoms with E-state index in [1.165, 1.54) is 11.6 Å². The second-order valence-electron chi connectivity index (χ2n) is 7.46. The van der Waals surface area contributed by atoms with Crippen molar-refractivity contribution in [3.05, 3.63) is 83.8 Å². The van der Waals surface area contributed by atoms with Crippen molar-refractivity contribution in [1.29, 1.82) is 0 Å². The molecule has 0 unspecified atom stereocenters. The first-order chi connectivity index (χ1) is 15.7. The number of imidazole rings is 1. The maximum atomic E-state index is 12.6. The Bertz CT molecular complexity index is 1690. The number of benzene rings is 3. The average Bonchev–Trinajstić information content (AvgIpc) is 3.13. The minimum atomic E-state index is -0.283. The van der Waals surface area contributed by atoms with E-state index in [0.717, 1.165) is 21.5 Å². The summed E-state index contributed by atoms with van der Waals surface area (Å²) in [7, 11) is 1.44. The zero-order chi connectivity index (χ0) is 21.8. The van der Waals surface area contributed by atoms with Gasteiger partial charge < -0.3 is 9.84 Å². The summed E-state index contributed by atoms with van der Waals surface area (Å²) in [5, 5.41) is 19.4. The third-order valence-corrected chi connectivity index (χ3v) is 5.66. The highest BCUT2D eigenvalue weighted by atomic mass is 16.5. The molecule has 0 spiro atoms. The molecular weight excluding hydrogens is 404 g/mol. The number of Topliss-reactive ketones (excluding diaryl/α,β-unsaturated/α-hetero) is 1. The second-order valence-corrected chi connectivity index (χ2v) is 7.46. The molecule has 32 heavy (non-hydrogen) atoms. The number of fused-ring (bicyclic) bond motifs is 7. The number of hydrogen-bond donors (Lipinski definition) is 1. The highest BCUT2D eigenvalue weighted by Crippen LogP contribution is 2.34. The van der Waals surface area contributed by atoms with Crippen molar-refractivity contribution in [2.45, 2.75) is 0 Å². The molecule has 0 radical (unpaired) electrons. The molecule has 2 aromatic heterocycles. The third kappa shape index (κ3) is 2.54. The fourth-order valence-corrected chi connectivity index (χ4v) is 4.17. The Balaban J connectivity index is 1.69. The van der Waals surface area contributed by atoms with E-state index < -0.39 is 0 Å². The molecule has 5 aromatic rings. The summed E-state index contributed by atoms with van der Waals surface area (Å²) in [6.07, 6.45) is 6.51. The summed E-state index contributed by atoms with van der Waals surface area (Å²) in [5.41, 5.74) is 2.02. The van der Waals surface area contributed by atoms with Gasteiger partial charge in [-0.2, -0.15) is 14.6 Å². The van der Waals surface area contributed by atoms with Crippen LogP contribution in [-0.4, -0.2) is 37.6 Å². The highest BCUT2D eigenvalue weighted by molar-refractivity contribution is 6.23. The summed E-state index contributed by atoms with van der Waals surface area (Å²) in [4.78, 5) is 21.5. The monoisotopic (exact) mass is 420 g/mol. The normalized spacial score (nSPS) is 15.3. The van der Waals surface area contributed by atoms with Gasteiger partial charge in [-0.15, -0.1) is 0 Å². The minimum Gasteiger partial charge on any atom is -0.493 e. The van der Waals surface area contributed by atoms with Crippen molar-refractivity contribution in [3.8, 4) is 5.88 Å². The molecule has 7 heteroatoms. The Kier molecular flexibility index (Phi) is 3.85. The van der Waals surface area contributed by atoms with Gasteiger partial charge >= 0.3 is 0 Å². The predicted molar refractivity (Wildman–Crippen MR) is 122 cm³/mol. The van der Waals surface area contributed by atoms with Crippen LogP contribution in [0.2, 0.25) is 0 Å². The smallest absolute Gasteiger partial charge is 0.255 e. The van der Waals surface area contributed by atoms with Crippen LogP contribution in [0.25, 0.3) is 44.4 Å². The summed E-state index contributed by atoms with van der Waals surface area (Å²) in [6.45, 7) is 0. The number of carbonyl (C=O) groups is 1. The lowest BCUT2D eigenvalue weighted by molar-refractivity contribution is -0.114.